The van der Waals surface area contributed by atoms with Crippen LogP contribution in [0.1, 0.15) is 53.3 Å². The summed E-state index contributed by atoms with van der Waals surface area (Å²) in [6.07, 6.45) is 3.42. The minimum Gasteiger partial charge on any atom is -0.358 e. The third-order valence-corrected chi connectivity index (χ3v) is 5.86. The van der Waals surface area contributed by atoms with Gasteiger partial charge in [0.05, 0.1) is 17.7 Å². The Morgan fingerprint density at radius 2 is 1.73 bits per heavy atom. The predicted molar refractivity (Wildman–Crippen MR) is 139 cm³/mol. The van der Waals surface area contributed by atoms with Crippen LogP contribution in [0, 0.1) is 0 Å². The first-order chi connectivity index (χ1) is 15.5. The Labute approximate surface area is 212 Å². The van der Waals surface area contributed by atoms with Crippen molar-refractivity contribution >= 4 is 47.7 Å². The number of halogens is 1. The summed E-state index contributed by atoms with van der Waals surface area (Å²) in [5.74, 6) is 0.434. The summed E-state index contributed by atoms with van der Waals surface area (Å²) < 4.78 is 0. The summed E-state index contributed by atoms with van der Waals surface area (Å²) in [5.41, 5.74) is 0.992. The number of piperidine rings is 1. The highest BCUT2D eigenvalue weighted by Gasteiger charge is 2.34. The predicted octanol–water partition coefficient (Wildman–Crippen LogP) is 1.45. The molecule has 33 heavy (non-hydrogen) atoms. The molecule has 0 bridgehead atoms. The van der Waals surface area contributed by atoms with Crippen LogP contribution >= 0.6 is 24.0 Å². The molecule has 2 heterocycles. The van der Waals surface area contributed by atoms with Gasteiger partial charge in [0.1, 0.15) is 0 Å². The first kappa shape index (κ1) is 27.0. The third-order valence-electron chi connectivity index (χ3n) is 5.86. The van der Waals surface area contributed by atoms with E-state index in [0.717, 1.165) is 44.9 Å². The number of nitrogens with zero attached hydrogens (tertiary/aromatic N) is 3. The number of carbonyl (C=O) groups is 3. The SMILES string of the molecule is CCNC(=NCCCCN1C(=O)c2ccccc2C1=O)NC1CCN(CC(=O)NC)CC1.I. The smallest absolute Gasteiger partial charge is 0.261 e. The van der Waals surface area contributed by atoms with E-state index in [0.29, 0.717) is 43.2 Å². The lowest BCUT2D eigenvalue weighted by molar-refractivity contribution is -0.122. The number of benzene rings is 1. The number of amides is 3. The lowest BCUT2D eigenvalue weighted by Gasteiger charge is -2.32. The van der Waals surface area contributed by atoms with Crippen LogP contribution in [0.5, 0.6) is 0 Å². The number of hydrogen-bond donors (Lipinski definition) is 3. The number of hydrogen-bond acceptors (Lipinski definition) is 5. The molecule has 3 rings (SSSR count). The van der Waals surface area contributed by atoms with Crippen molar-refractivity contribution < 1.29 is 14.4 Å². The van der Waals surface area contributed by atoms with Gasteiger partial charge in [0, 0.05) is 45.8 Å². The van der Waals surface area contributed by atoms with Crippen molar-refractivity contribution in [1.82, 2.24) is 25.8 Å². The number of likely N-dealkylation sites (tertiary alicyclic amines) is 1. The Kier molecular flexibility index (Phi) is 11.0. The minimum absolute atomic E-state index is 0. The maximum atomic E-state index is 12.4. The van der Waals surface area contributed by atoms with Gasteiger partial charge in [-0.2, -0.15) is 0 Å². The van der Waals surface area contributed by atoms with Crippen molar-refractivity contribution in [1.29, 1.82) is 0 Å². The minimum atomic E-state index is -0.202. The lowest BCUT2D eigenvalue weighted by Crippen LogP contribution is -2.50. The van der Waals surface area contributed by atoms with Crippen LogP contribution in [-0.4, -0.2) is 85.8 Å². The lowest BCUT2D eigenvalue weighted by atomic mass is 10.1. The van der Waals surface area contributed by atoms with Gasteiger partial charge in [0.25, 0.3) is 11.8 Å². The summed E-state index contributed by atoms with van der Waals surface area (Å²) >= 11 is 0. The van der Waals surface area contributed by atoms with Crippen molar-refractivity contribution in [3.05, 3.63) is 35.4 Å². The molecule has 1 fully saturated rings. The highest BCUT2D eigenvalue weighted by molar-refractivity contribution is 14.0. The summed E-state index contributed by atoms with van der Waals surface area (Å²) in [6.45, 7) is 6.05. The molecule has 3 N–H and O–H groups in total. The molecule has 0 radical (unpaired) electrons. The van der Waals surface area contributed by atoms with Crippen molar-refractivity contribution in [2.75, 3.05) is 46.3 Å². The van der Waals surface area contributed by atoms with Crippen LogP contribution in [0.15, 0.2) is 29.3 Å². The van der Waals surface area contributed by atoms with E-state index < -0.39 is 0 Å². The molecule has 10 heteroatoms. The maximum Gasteiger partial charge on any atom is 0.261 e. The van der Waals surface area contributed by atoms with Gasteiger partial charge in [-0.25, -0.2) is 0 Å². The molecule has 1 aromatic rings. The maximum absolute atomic E-state index is 12.4. The molecule has 2 aliphatic heterocycles. The molecular formula is C23H35IN6O3. The summed E-state index contributed by atoms with van der Waals surface area (Å²) in [6, 6.07) is 7.30. The van der Waals surface area contributed by atoms with Crippen molar-refractivity contribution in [3.63, 3.8) is 0 Å². The third kappa shape index (κ3) is 7.39. The van der Waals surface area contributed by atoms with Crippen LogP contribution in [0.2, 0.25) is 0 Å². The Morgan fingerprint density at radius 3 is 2.30 bits per heavy atom. The molecule has 0 saturated carbocycles. The molecule has 0 unspecified atom stereocenters. The van der Waals surface area contributed by atoms with Crippen molar-refractivity contribution in [2.24, 2.45) is 4.99 Å². The molecule has 0 aromatic heterocycles. The van der Waals surface area contributed by atoms with E-state index >= 15 is 0 Å². The molecule has 182 valence electrons. The number of nitrogens with one attached hydrogen (secondary N) is 3. The quantitative estimate of drug-likeness (QED) is 0.137. The molecule has 0 spiro atoms. The van der Waals surface area contributed by atoms with Gasteiger partial charge in [-0.15, -0.1) is 24.0 Å². The Morgan fingerprint density at radius 1 is 1.09 bits per heavy atom. The zero-order valence-electron chi connectivity index (χ0n) is 19.4. The zero-order valence-corrected chi connectivity index (χ0v) is 21.8. The standard InChI is InChI=1S/C23H34N6O3.HI/c1-3-25-23(27-17-10-14-28(15-11-17)16-20(30)24-2)26-12-6-7-13-29-21(31)18-8-4-5-9-19(18)22(29)32;/h4-5,8-9,17H,3,6-7,10-16H2,1-2H3,(H,24,30)(H2,25,26,27);1H. The second kappa shape index (κ2) is 13.5. The fourth-order valence-corrected chi connectivity index (χ4v) is 4.05. The van der Waals surface area contributed by atoms with Crippen LogP contribution in [0.4, 0.5) is 0 Å². The fourth-order valence-electron chi connectivity index (χ4n) is 4.05. The van der Waals surface area contributed by atoms with E-state index in [1.165, 1.54) is 4.90 Å². The number of fused-ring (bicyclic) bond motifs is 1. The molecule has 0 aliphatic carbocycles. The summed E-state index contributed by atoms with van der Waals surface area (Å²) in [4.78, 5) is 44.5. The fraction of sp³-hybridized carbons (Fsp3) is 0.565. The number of guanidine groups is 1. The highest BCUT2D eigenvalue weighted by Crippen LogP contribution is 2.22. The average molecular weight is 570 g/mol. The Balaban J connectivity index is 0.00000385. The first-order valence-electron chi connectivity index (χ1n) is 11.5. The zero-order chi connectivity index (χ0) is 22.9. The Hall–Kier alpha value is -2.21. The molecule has 9 nitrogen and oxygen atoms in total. The molecule has 2 aliphatic rings. The molecular weight excluding hydrogens is 535 g/mol. The normalized spacial score (nSPS) is 16.9. The number of likely N-dealkylation sites (N-methyl/N-ethyl adjacent to an activating group) is 1. The number of rotatable bonds is 9. The number of imide groups is 1. The topological polar surface area (TPSA) is 106 Å². The van der Waals surface area contributed by atoms with E-state index in [-0.39, 0.29) is 41.7 Å². The van der Waals surface area contributed by atoms with Crippen LogP contribution in [-0.2, 0) is 4.79 Å². The molecule has 1 saturated heterocycles. The van der Waals surface area contributed by atoms with Crippen LogP contribution < -0.4 is 16.0 Å². The van der Waals surface area contributed by atoms with Gasteiger partial charge >= 0.3 is 0 Å². The van der Waals surface area contributed by atoms with Gasteiger partial charge < -0.3 is 16.0 Å². The van der Waals surface area contributed by atoms with E-state index in [9.17, 15) is 14.4 Å². The average Bonchev–Trinajstić information content (AvgIpc) is 3.05. The summed E-state index contributed by atoms with van der Waals surface area (Å²) in [7, 11) is 1.66. The largest absolute Gasteiger partial charge is 0.358 e. The summed E-state index contributed by atoms with van der Waals surface area (Å²) in [5, 5.41) is 9.45. The van der Waals surface area contributed by atoms with E-state index in [1.807, 2.05) is 6.92 Å². The van der Waals surface area contributed by atoms with Gasteiger partial charge in [0.2, 0.25) is 5.91 Å². The van der Waals surface area contributed by atoms with Crippen LogP contribution in [0.25, 0.3) is 0 Å². The molecule has 0 atom stereocenters. The van der Waals surface area contributed by atoms with Gasteiger partial charge in [-0.3, -0.25) is 29.2 Å². The molecule has 1 aromatic carbocycles. The van der Waals surface area contributed by atoms with E-state index in [4.69, 9.17) is 0 Å². The number of aliphatic imine (C=N–C) groups is 1. The highest BCUT2D eigenvalue weighted by atomic mass is 127. The molecule has 3 amide bonds. The van der Waals surface area contributed by atoms with E-state index in [1.54, 1.807) is 31.3 Å². The monoisotopic (exact) mass is 570 g/mol. The van der Waals surface area contributed by atoms with Crippen molar-refractivity contribution in [2.45, 2.75) is 38.6 Å². The Bertz CT molecular complexity index is 819. The van der Waals surface area contributed by atoms with Crippen molar-refractivity contribution in [3.8, 4) is 0 Å². The number of unbranched alkanes of at least 4 members (excludes halogenated alkanes) is 1. The van der Waals surface area contributed by atoms with Gasteiger partial charge in [-0.05, 0) is 44.7 Å². The second-order valence-electron chi connectivity index (χ2n) is 8.14. The van der Waals surface area contributed by atoms with Gasteiger partial charge in [-0.1, -0.05) is 12.1 Å². The first-order valence-corrected chi connectivity index (χ1v) is 11.5. The number of carbonyl (C=O) groups excluding carboxylic acids is 3. The van der Waals surface area contributed by atoms with E-state index in [2.05, 4.69) is 25.8 Å². The second-order valence-corrected chi connectivity index (χ2v) is 8.14. The van der Waals surface area contributed by atoms with Crippen LogP contribution in [0.3, 0.4) is 0 Å². The van der Waals surface area contributed by atoms with Gasteiger partial charge in [0.15, 0.2) is 5.96 Å².